The van der Waals surface area contributed by atoms with Gasteiger partial charge in [0.25, 0.3) is 0 Å². The number of rotatable bonds is 2. The van der Waals surface area contributed by atoms with Crippen molar-refractivity contribution in [2.24, 2.45) is 0 Å². The molecular weight excluding hydrogens is 348 g/mol. The fourth-order valence-corrected chi connectivity index (χ4v) is 3.01. The SMILES string of the molecule is Cc1nc(N)nc(-c2ccc(S(C)(=O)=O)cc2)c1C#Cc1cccnc1. The standard InChI is InChI=1S/C19H16N4O2S/c1-13-17(10-5-14-4-3-11-21-12-14)18(23-19(20)22-13)15-6-8-16(9-7-15)26(2,24)25/h3-4,6-9,11-12H,1-2H3,(H2,20,22,23). The topological polar surface area (TPSA) is 98.8 Å². The smallest absolute Gasteiger partial charge is 0.220 e. The molecule has 26 heavy (non-hydrogen) atoms. The zero-order valence-electron chi connectivity index (χ0n) is 14.3. The molecule has 0 amide bonds. The lowest BCUT2D eigenvalue weighted by atomic mass is 10.0. The summed E-state index contributed by atoms with van der Waals surface area (Å²) in [5, 5.41) is 0. The zero-order valence-corrected chi connectivity index (χ0v) is 15.1. The van der Waals surface area contributed by atoms with Gasteiger partial charge in [-0.2, -0.15) is 0 Å². The molecule has 0 aliphatic heterocycles. The van der Waals surface area contributed by atoms with E-state index >= 15 is 0 Å². The Morgan fingerprint density at radius 3 is 2.38 bits per heavy atom. The Bertz CT molecular complexity index is 1110. The van der Waals surface area contributed by atoms with Crippen molar-refractivity contribution in [3.63, 3.8) is 0 Å². The van der Waals surface area contributed by atoms with Gasteiger partial charge in [0, 0.05) is 29.8 Å². The number of hydrogen-bond acceptors (Lipinski definition) is 6. The highest BCUT2D eigenvalue weighted by Gasteiger charge is 2.13. The molecular formula is C19H16N4O2S. The Kier molecular flexibility index (Phi) is 4.69. The lowest BCUT2D eigenvalue weighted by Gasteiger charge is -2.08. The molecule has 0 fully saturated rings. The average Bonchev–Trinajstić information content (AvgIpc) is 2.60. The molecule has 2 aromatic heterocycles. The molecule has 130 valence electrons. The second kappa shape index (κ2) is 6.94. The van der Waals surface area contributed by atoms with Crippen LogP contribution in [-0.2, 0) is 9.84 Å². The minimum Gasteiger partial charge on any atom is -0.368 e. The van der Waals surface area contributed by atoms with Crippen molar-refractivity contribution in [1.82, 2.24) is 15.0 Å². The molecule has 0 atom stereocenters. The van der Waals surface area contributed by atoms with E-state index in [1.54, 1.807) is 37.5 Å². The predicted molar refractivity (Wildman–Crippen MR) is 99.9 cm³/mol. The van der Waals surface area contributed by atoms with Crippen LogP contribution in [-0.4, -0.2) is 29.6 Å². The first-order valence-electron chi connectivity index (χ1n) is 7.71. The van der Waals surface area contributed by atoms with Crippen molar-refractivity contribution in [2.75, 3.05) is 12.0 Å². The third-order valence-corrected chi connectivity index (χ3v) is 4.78. The number of hydrogen-bond donors (Lipinski definition) is 1. The maximum atomic E-state index is 11.6. The second-order valence-corrected chi connectivity index (χ2v) is 7.69. The molecule has 3 rings (SSSR count). The third kappa shape index (κ3) is 3.87. The van der Waals surface area contributed by atoms with Crippen LogP contribution in [0.15, 0.2) is 53.7 Å². The van der Waals surface area contributed by atoms with Crippen LogP contribution in [0, 0.1) is 18.8 Å². The van der Waals surface area contributed by atoms with Gasteiger partial charge in [0.05, 0.1) is 21.8 Å². The first-order valence-corrected chi connectivity index (χ1v) is 9.60. The molecule has 7 heteroatoms. The number of nitrogens with two attached hydrogens (primary N) is 1. The van der Waals surface area contributed by atoms with Crippen LogP contribution in [0.25, 0.3) is 11.3 Å². The van der Waals surface area contributed by atoms with Crippen molar-refractivity contribution < 1.29 is 8.42 Å². The van der Waals surface area contributed by atoms with Gasteiger partial charge in [-0.15, -0.1) is 0 Å². The molecule has 0 saturated heterocycles. The lowest BCUT2D eigenvalue weighted by molar-refractivity contribution is 0.602. The van der Waals surface area contributed by atoms with Crippen molar-refractivity contribution in [1.29, 1.82) is 0 Å². The van der Waals surface area contributed by atoms with Crippen LogP contribution in [0.5, 0.6) is 0 Å². The predicted octanol–water partition coefficient (Wildman–Crippen LogP) is 2.23. The van der Waals surface area contributed by atoms with Crippen molar-refractivity contribution in [3.05, 3.63) is 65.6 Å². The number of anilines is 1. The highest BCUT2D eigenvalue weighted by Crippen LogP contribution is 2.25. The van der Waals surface area contributed by atoms with E-state index in [0.29, 0.717) is 22.5 Å². The Labute approximate surface area is 152 Å². The Balaban J connectivity index is 2.11. The Hall–Kier alpha value is -3.24. The largest absolute Gasteiger partial charge is 0.368 e. The van der Waals surface area contributed by atoms with Crippen LogP contribution < -0.4 is 5.73 Å². The van der Waals surface area contributed by atoms with E-state index in [-0.39, 0.29) is 10.8 Å². The van der Waals surface area contributed by atoms with E-state index in [9.17, 15) is 8.42 Å². The number of sulfone groups is 1. The molecule has 0 spiro atoms. The maximum Gasteiger partial charge on any atom is 0.220 e. The molecule has 0 saturated carbocycles. The maximum absolute atomic E-state index is 11.6. The number of nitrogens with zero attached hydrogens (tertiary/aromatic N) is 3. The van der Waals surface area contributed by atoms with Crippen molar-refractivity contribution >= 4 is 15.8 Å². The zero-order chi connectivity index (χ0) is 18.7. The van der Waals surface area contributed by atoms with Gasteiger partial charge < -0.3 is 5.73 Å². The molecule has 0 bridgehead atoms. The number of benzene rings is 1. The summed E-state index contributed by atoms with van der Waals surface area (Å²) in [5.41, 5.74) is 9.12. The molecule has 1 aromatic carbocycles. The monoisotopic (exact) mass is 364 g/mol. The van der Waals surface area contributed by atoms with Gasteiger partial charge in [-0.25, -0.2) is 18.4 Å². The number of nitrogen functional groups attached to an aromatic ring is 1. The average molecular weight is 364 g/mol. The Morgan fingerprint density at radius 1 is 1.04 bits per heavy atom. The van der Waals surface area contributed by atoms with Crippen LogP contribution in [0.2, 0.25) is 0 Å². The molecule has 0 unspecified atom stereocenters. The summed E-state index contributed by atoms with van der Waals surface area (Å²) in [4.78, 5) is 12.8. The van der Waals surface area contributed by atoms with Crippen LogP contribution in [0.4, 0.5) is 5.95 Å². The summed E-state index contributed by atoms with van der Waals surface area (Å²) in [6.07, 6.45) is 4.51. The van der Waals surface area contributed by atoms with Crippen molar-refractivity contribution in [2.45, 2.75) is 11.8 Å². The quantitative estimate of drug-likeness (QED) is 0.700. The minimum absolute atomic E-state index is 0.136. The van der Waals surface area contributed by atoms with Crippen LogP contribution in [0.1, 0.15) is 16.8 Å². The summed E-state index contributed by atoms with van der Waals surface area (Å²) in [7, 11) is -3.27. The fraction of sp³-hybridized carbons (Fsp3) is 0.105. The second-order valence-electron chi connectivity index (χ2n) is 5.68. The summed E-state index contributed by atoms with van der Waals surface area (Å²) in [6.45, 7) is 1.81. The fourth-order valence-electron chi connectivity index (χ4n) is 2.38. The molecule has 2 heterocycles. The van der Waals surface area contributed by atoms with Gasteiger partial charge in [-0.1, -0.05) is 24.0 Å². The third-order valence-electron chi connectivity index (χ3n) is 3.66. The van der Waals surface area contributed by atoms with Crippen LogP contribution >= 0.6 is 0 Å². The molecule has 6 nitrogen and oxygen atoms in total. The van der Waals surface area contributed by atoms with Crippen molar-refractivity contribution in [3.8, 4) is 23.1 Å². The first kappa shape index (κ1) is 17.6. The first-order chi connectivity index (χ1) is 12.3. The number of aryl methyl sites for hydroxylation is 1. The molecule has 0 radical (unpaired) electrons. The summed E-state index contributed by atoms with van der Waals surface area (Å²) < 4.78 is 23.3. The van der Waals surface area contributed by atoms with Gasteiger partial charge in [-0.3, -0.25) is 4.98 Å². The summed E-state index contributed by atoms with van der Waals surface area (Å²) in [5.74, 6) is 6.25. The molecule has 0 aliphatic rings. The van der Waals surface area contributed by atoms with E-state index in [2.05, 4.69) is 26.8 Å². The van der Waals surface area contributed by atoms with Gasteiger partial charge in [0.15, 0.2) is 9.84 Å². The van der Waals surface area contributed by atoms with Gasteiger partial charge >= 0.3 is 0 Å². The number of aromatic nitrogens is 3. The van der Waals surface area contributed by atoms with Crippen LogP contribution in [0.3, 0.4) is 0 Å². The summed E-state index contributed by atoms with van der Waals surface area (Å²) >= 11 is 0. The Morgan fingerprint density at radius 2 is 1.77 bits per heavy atom. The molecule has 2 N–H and O–H groups in total. The highest BCUT2D eigenvalue weighted by atomic mass is 32.2. The lowest BCUT2D eigenvalue weighted by Crippen LogP contribution is -2.03. The van der Waals surface area contributed by atoms with Gasteiger partial charge in [0.2, 0.25) is 5.95 Å². The normalized spacial score (nSPS) is 10.8. The van der Waals surface area contributed by atoms with E-state index in [0.717, 1.165) is 5.56 Å². The van der Waals surface area contributed by atoms with Gasteiger partial charge in [-0.05, 0) is 31.2 Å². The number of pyridine rings is 1. The van der Waals surface area contributed by atoms with E-state index in [1.807, 2.05) is 6.07 Å². The highest BCUT2D eigenvalue weighted by molar-refractivity contribution is 7.90. The minimum atomic E-state index is -3.27. The van der Waals surface area contributed by atoms with Gasteiger partial charge in [0.1, 0.15) is 0 Å². The summed E-state index contributed by atoms with van der Waals surface area (Å²) in [6, 6.07) is 10.1. The molecule has 0 aliphatic carbocycles. The van der Waals surface area contributed by atoms with E-state index < -0.39 is 9.84 Å². The van der Waals surface area contributed by atoms with E-state index in [1.165, 1.54) is 18.4 Å². The van der Waals surface area contributed by atoms with E-state index in [4.69, 9.17) is 5.73 Å². The molecule has 3 aromatic rings.